The Morgan fingerprint density at radius 1 is 1.32 bits per heavy atom. The second kappa shape index (κ2) is 6.53. The molecule has 0 aliphatic heterocycles. The second-order valence-corrected chi connectivity index (χ2v) is 6.07. The van der Waals surface area contributed by atoms with E-state index in [0.29, 0.717) is 12.0 Å². The molecule has 0 heterocycles. The fraction of sp³-hybridized carbons (Fsp3) is 0.417. The summed E-state index contributed by atoms with van der Waals surface area (Å²) in [6, 6.07) is 4.75. The molecule has 0 aliphatic rings. The van der Waals surface area contributed by atoms with Crippen molar-refractivity contribution in [2.24, 2.45) is 0 Å². The van der Waals surface area contributed by atoms with Crippen LogP contribution in [-0.4, -0.2) is 36.4 Å². The maximum Gasteiger partial charge on any atom is 0.322 e. The van der Waals surface area contributed by atoms with Crippen molar-refractivity contribution in [3.05, 3.63) is 29.8 Å². The molecule has 0 fully saturated rings. The molecule has 1 aromatic carbocycles. The van der Waals surface area contributed by atoms with E-state index >= 15 is 0 Å². The summed E-state index contributed by atoms with van der Waals surface area (Å²) in [5.41, 5.74) is 0.629. The number of aromatic hydroxyl groups is 1. The number of carboxylic acids is 1. The molecule has 106 valence electrons. The lowest BCUT2D eigenvalue weighted by Gasteiger charge is -2.14. The molecule has 1 rings (SSSR count). The van der Waals surface area contributed by atoms with Gasteiger partial charge >= 0.3 is 5.97 Å². The molecule has 1 atom stereocenters. The number of rotatable bonds is 7. The first-order valence-electron chi connectivity index (χ1n) is 5.85. The molecule has 0 spiro atoms. The van der Waals surface area contributed by atoms with E-state index in [1.54, 1.807) is 19.1 Å². The minimum absolute atomic E-state index is 0.0263. The quantitative estimate of drug-likeness (QED) is 0.685. The zero-order valence-corrected chi connectivity index (χ0v) is 11.4. The fourth-order valence-corrected chi connectivity index (χ4v) is 2.86. The van der Waals surface area contributed by atoms with Crippen LogP contribution in [0, 0.1) is 0 Å². The van der Waals surface area contributed by atoms with Gasteiger partial charge in [0.2, 0.25) is 10.0 Å². The van der Waals surface area contributed by atoms with Gasteiger partial charge in [0.25, 0.3) is 0 Å². The molecule has 0 bridgehead atoms. The lowest BCUT2D eigenvalue weighted by atomic mass is 10.1. The molecule has 0 saturated heterocycles. The van der Waals surface area contributed by atoms with Gasteiger partial charge in [0, 0.05) is 0 Å². The maximum atomic E-state index is 11.6. The van der Waals surface area contributed by atoms with Gasteiger partial charge in [0.05, 0.1) is 5.75 Å². The SMILES string of the molecule is CCCS(=O)(=O)NC(Cc1ccc(O)cc1)C(=O)O. The van der Waals surface area contributed by atoms with Crippen LogP contribution in [0.1, 0.15) is 18.9 Å². The van der Waals surface area contributed by atoms with Crippen LogP contribution in [0.4, 0.5) is 0 Å². The number of sulfonamides is 1. The number of phenols is 1. The van der Waals surface area contributed by atoms with Gasteiger partial charge in [0.15, 0.2) is 0 Å². The topological polar surface area (TPSA) is 104 Å². The molecule has 19 heavy (non-hydrogen) atoms. The summed E-state index contributed by atoms with van der Waals surface area (Å²) in [5, 5.41) is 18.2. The Bertz CT molecular complexity index is 524. The number of aliphatic carboxylic acids is 1. The Kier molecular flexibility index (Phi) is 5.31. The summed E-state index contributed by atoms with van der Waals surface area (Å²) in [5.74, 6) is -1.26. The van der Waals surface area contributed by atoms with E-state index in [0.717, 1.165) is 0 Å². The third-order valence-electron chi connectivity index (χ3n) is 2.47. The lowest BCUT2D eigenvalue weighted by molar-refractivity contribution is -0.138. The number of hydrogen-bond donors (Lipinski definition) is 3. The predicted molar refractivity (Wildman–Crippen MR) is 70.4 cm³/mol. The second-order valence-electron chi connectivity index (χ2n) is 4.20. The number of nitrogens with one attached hydrogen (secondary N) is 1. The minimum atomic E-state index is -3.58. The number of phenolic OH excluding ortho intramolecular Hbond substituents is 1. The average Bonchev–Trinajstić information content (AvgIpc) is 2.30. The Morgan fingerprint density at radius 3 is 2.37 bits per heavy atom. The average molecular weight is 287 g/mol. The van der Waals surface area contributed by atoms with Crippen LogP contribution >= 0.6 is 0 Å². The van der Waals surface area contributed by atoms with E-state index in [4.69, 9.17) is 10.2 Å². The third-order valence-corrected chi connectivity index (χ3v) is 4.06. The molecule has 6 nitrogen and oxygen atoms in total. The van der Waals surface area contributed by atoms with Crippen LogP contribution in [0.2, 0.25) is 0 Å². The van der Waals surface area contributed by atoms with Crippen molar-refractivity contribution in [1.82, 2.24) is 4.72 Å². The molecule has 3 N–H and O–H groups in total. The van der Waals surface area contributed by atoms with Crippen molar-refractivity contribution in [3.8, 4) is 5.75 Å². The van der Waals surface area contributed by atoms with Gasteiger partial charge in [0.1, 0.15) is 11.8 Å². The van der Waals surface area contributed by atoms with Gasteiger partial charge in [-0.25, -0.2) is 13.1 Å². The Balaban J connectivity index is 2.79. The van der Waals surface area contributed by atoms with Crippen LogP contribution < -0.4 is 4.72 Å². The lowest BCUT2D eigenvalue weighted by Crippen LogP contribution is -2.43. The summed E-state index contributed by atoms with van der Waals surface area (Å²) in [7, 11) is -3.58. The van der Waals surface area contributed by atoms with Crippen molar-refractivity contribution in [1.29, 1.82) is 0 Å². The molecule has 0 amide bonds. The van der Waals surface area contributed by atoms with Crippen molar-refractivity contribution < 1.29 is 23.4 Å². The van der Waals surface area contributed by atoms with Gasteiger partial charge in [-0.2, -0.15) is 0 Å². The van der Waals surface area contributed by atoms with E-state index in [2.05, 4.69) is 4.72 Å². The normalized spacial score (nSPS) is 13.1. The summed E-state index contributed by atoms with van der Waals surface area (Å²) in [4.78, 5) is 11.1. The van der Waals surface area contributed by atoms with Crippen LogP contribution in [0.3, 0.4) is 0 Å². The number of carboxylic acid groups (broad SMARTS) is 1. The van der Waals surface area contributed by atoms with Gasteiger partial charge in [-0.15, -0.1) is 0 Å². The smallest absolute Gasteiger partial charge is 0.322 e. The minimum Gasteiger partial charge on any atom is -0.508 e. The molecule has 0 saturated carbocycles. The Morgan fingerprint density at radius 2 is 1.89 bits per heavy atom. The van der Waals surface area contributed by atoms with Crippen LogP contribution in [-0.2, 0) is 21.2 Å². The highest BCUT2D eigenvalue weighted by Crippen LogP contribution is 2.12. The van der Waals surface area contributed by atoms with Crippen molar-refractivity contribution in [3.63, 3.8) is 0 Å². The highest BCUT2D eigenvalue weighted by molar-refractivity contribution is 7.89. The van der Waals surface area contributed by atoms with Gasteiger partial charge < -0.3 is 10.2 Å². The molecule has 1 aromatic rings. The highest BCUT2D eigenvalue weighted by Gasteiger charge is 2.23. The fourth-order valence-electron chi connectivity index (χ4n) is 1.59. The van der Waals surface area contributed by atoms with Gasteiger partial charge in [-0.05, 0) is 30.5 Å². The van der Waals surface area contributed by atoms with E-state index in [9.17, 15) is 13.2 Å². The summed E-state index contributed by atoms with van der Waals surface area (Å²) in [6.07, 6.45) is 0.444. The first kappa shape index (κ1) is 15.5. The van der Waals surface area contributed by atoms with Crippen LogP contribution in [0.5, 0.6) is 5.75 Å². The number of hydrogen-bond acceptors (Lipinski definition) is 4. The third kappa shape index (κ3) is 5.27. The first-order valence-corrected chi connectivity index (χ1v) is 7.50. The Hall–Kier alpha value is -1.60. The monoisotopic (exact) mass is 287 g/mol. The van der Waals surface area contributed by atoms with E-state index < -0.39 is 22.0 Å². The highest BCUT2D eigenvalue weighted by atomic mass is 32.2. The first-order chi connectivity index (χ1) is 8.84. The summed E-state index contributed by atoms with van der Waals surface area (Å²) in [6.45, 7) is 1.70. The zero-order chi connectivity index (χ0) is 14.5. The molecule has 1 unspecified atom stereocenters. The zero-order valence-electron chi connectivity index (χ0n) is 10.5. The van der Waals surface area contributed by atoms with Crippen molar-refractivity contribution in [2.45, 2.75) is 25.8 Å². The van der Waals surface area contributed by atoms with E-state index in [1.165, 1.54) is 12.1 Å². The number of benzene rings is 1. The maximum absolute atomic E-state index is 11.6. The van der Waals surface area contributed by atoms with E-state index in [1.807, 2.05) is 0 Å². The van der Waals surface area contributed by atoms with Gasteiger partial charge in [-0.1, -0.05) is 19.1 Å². The van der Waals surface area contributed by atoms with Crippen LogP contribution in [0.15, 0.2) is 24.3 Å². The molecule has 7 heteroatoms. The molecule has 0 aromatic heterocycles. The van der Waals surface area contributed by atoms with Crippen LogP contribution in [0.25, 0.3) is 0 Å². The molecular weight excluding hydrogens is 270 g/mol. The molecule has 0 radical (unpaired) electrons. The summed E-state index contributed by atoms with van der Waals surface area (Å²) >= 11 is 0. The standard InChI is InChI=1S/C12H17NO5S/c1-2-7-19(17,18)13-11(12(15)16)8-9-3-5-10(14)6-4-9/h3-6,11,13-14H,2,7-8H2,1H3,(H,15,16). The van der Waals surface area contributed by atoms with E-state index in [-0.39, 0.29) is 17.9 Å². The van der Waals surface area contributed by atoms with Gasteiger partial charge in [-0.3, -0.25) is 4.79 Å². The molecule has 0 aliphatic carbocycles. The largest absolute Gasteiger partial charge is 0.508 e. The summed E-state index contributed by atoms with van der Waals surface area (Å²) < 4.78 is 25.3. The number of carbonyl (C=O) groups is 1. The van der Waals surface area contributed by atoms with Crippen molar-refractivity contribution >= 4 is 16.0 Å². The van der Waals surface area contributed by atoms with Crippen molar-refractivity contribution in [2.75, 3.05) is 5.75 Å². The molecular formula is C12H17NO5S. The Labute approximate surface area is 112 Å². The predicted octanol–water partition coefficient (Wildman–Crippen LogP) is 0.717.